The summed E-state index contributed by atoms with van der Waals surface area (Å²) < 4.78 is 29.4. The minimum atomic E-state index is -2.08. The van der Waals surface area contributed by atoms with Gasteiger partial charge in [-0.2, -0.15) is 0 Å². The number of rotatable bonds is 1. The Morgan fingerprint density at radius 2 is 2.44 bits per heavy atom. The Labute approximate surface area is 52.2 Å². The van der Waals surface area contributed by atoms with Crippen LogP contribution >= 0.6 is 0 Å². The van der Waals surface area contributed by atoms with Gasteiger partial charge in [0.25, 0.3) is 5.85 Å². The Bertz CT molecular complexity index is 111. The summed E-state index contributed by atoms with van der Waals surface area (Å²) in [7, 11) is 1.17. The molecule has 2 atom stereocenters. The first-order valence-corrected chi connectivity index (χ1v) is 2.80. The van der Waals surface area contributed by atoms with Crippen LogP contribution in [0, 0.1) is 0 Å². The molecule has 1 heterocycles. The molecule has 0 aromatic rings. The highest BCUT2D eigenvalue weighted by Crippen LogP contribution is 2.26. The van der Waals surface area contributed by atoms with Crippen molar-refractivity contribution in [2.24, 2.45) is 0 Å². The molecule has 0 radical (unpaired) electrons. The third kappa shape index (κ3) is 1.04. The molecular weight excluding hydrogens is 128 g/mol. The van der Waals surface area contributed by atoms with Crippen molar-refractivity contribution >= 4 is 0 Å². The standard InChI is InChI=1S/C5H9F2NO/c1-9-5(7)2-3-8-4(5)6/h4,8H,2-3H2,1H3. The zero-order valence-corrected chi connectivity index (χ0v) is 5.16. The number of hydrogen-bond acceptors (Lipinski definition) is 2. The largest absolute Gasteiger partial charge is 0.346 e. The van der Waals surface area contributed by atoms with Crippen LogP contribution in [0.4, 0.5) is 8.78 Å². The second kappa shape index (κ2) is 2.19. The monoisotopic (exact) mass is 137 g/mol. The van der Waals surface area contributed by atoms with Gasteiger partial charge < -0.3 is 4.74 Å². The maximum Gasteiger partial charge on any atom is 0.255 e. The van der Waals surface area contributed by atoms with Gasteiger partial charge in [0.1, 0.15) is 0 Å². The first-order chi connectivity index (χ1) is 4.19. The summed E-state index contributed by atoms with van der Waals surface area (Å²) in [6, 6.07) is 0. The second-order valence-electron chi connectivity index (χ2n) is 2.06. The quantitative estimate of drug-likeness (QED) is 0.534. The van der Waals surface area contributed by atoms with Gasteiger partial charge in [0.05, 0.1) is 0 Å². The highest BCUT2D eigenvalue weighted by atomic mass is 19.2. The molecule has 4 heteroatoms. The van der Waals surface area contributed by atoms with Crippen LogP contribution in [0.15, 0.2) is 0 Å². The topological polar surface area (TPSA) is 21.3 Å². The molecule has 1 rings (SSSR count). The molecule has 0 spiro atoms. The van der Waals surface area contributed by atoms with Crippen molar-refractivity contribution in [3.05, 3.63) is 0 Å². The lowest BCUT2D eigenvalue weighted by Crippen LogP contribution is -2.36. The van der Waals surface area contributed by atoms with Gasteiger partial charge in [-0.1, -0.05) is 0 Å². The van der Waals surface area contributed by atoms with Crippen molar-refractivity contribution < 1.29 is 13.5 Å². The summed E-state index contributed by atoms with van der Waals surface area (Å²) in [5.74, 6) is -2.08. The first-order valence-electron chi connectivity index (χ1n) is 2.80. The van der Waals surface area contributed by atoms with Gasteiger partial charge in [-0.15, -0.1) is 0 Å². The fourth-order valence-corrected chi connectivity index (χ4v) is 0.854. The average Bonchev–Trinajstić information content (AvgIpc) is 2.15. The van der Waals surface area contributed by atoms with Crippen LogP contribution in [0.1, 0.15) is 6.42 Å². The van der Waals surface area contributed by atoms with E-state index < -0.39 is 12.2 Å². The number of ether oxygens (including phenoxy) is 1. The van der Waals surface area contributed by atoms with Crippen LogP contribution in [0.2, 0.25) is 0 Å². The van der Waals surface area contributed by atoms with Crippen molar-refractivity contribution in [3.8, 4) is 0 Å². The van der Waals surface area contributed by atoms with E-state index in [0.717, 1.165) is 0 Å². The molecule has 1 aliphatic heterocycles. The zero-order valence-electron chi connectivity index (χ0n) is 5.16. The minimum Gasteiger partial charge on any atom is -0.346 e. The fourth-order valence-electron chi connectivity index (χ4n) is 0.854. The summed E-state index contributed by atoms with van der Waals surface area (Å²) >= 11 is 0. The van der Waals surface area contributed by atoms with E-state index in [1.54, 1.807) is 0 Å². The Balaban J connectivity index is 2.56. The molecule has 0 aromatic heterocycles. The summed E-state index contributed by atoms with van der Waals surface area (Å²) in [6.45, 7) is 0.339. The summed E-state index contributed by atoms with van der Waals surface area (Å²) in [5, 5.41) is 2.29. The molecule has 0 aromatic carbocycles. The predicted octanol–water partition coefficient (Wildman–Crippen LogP) is 0.588. The molecule has 0 bridgehead atoms. The third-order valence-corrected chi connectivity index (χ3v) is 1.51. The number of halogens is 2. The molecule has 2 unspecified atom stereocenters. The lowest BCUT2D eigenvalue weighted by atomic mass is 10.3. The number of methoxy groups -OCH3 is 1. The van der Waals surface area contributed by atoms with E-state index in [1.165, 1.54) is 7.11 Å². The molecule has 1 N–H and O–H groups in total. The van der Waals surface area contributed by atoms with Gasteiger partial charge in [-0.05, 0) is 0 Å². The summed E-state index contributed by atoms with van der Waals surface area (Å²) in [4.78, 5) is 0. The second-order valence-corrected chi connectivity index (χ2v) is 2.06. The smallest absolute Gasteiger partial charge is 0.255 e. The number of nitrogens with one attached hydrogen (secondary N) is 1. The van der Waals surface area contributed by atoms with Crippen LogP contribution in [-0.2, 0) is 4.74 Å². The van der Waals surface area contributed by atoms with E-state index in [2.05, 4.69) is 10.1 Å². The van der Waals surface area contributed by atoms with Gasteiger partial charge in [-0.25, -0.2) is 8.78 Å². The van der Waals surface area contributed by atoms with E-state index in [9.17, 15) is 8.78 Å². The van der Waals surface area contributed by atoms with Gasteiger partial charge in [0.2, 0.25) is 6.30 Å². The molecule has 0 saturated carbocycles. The molecule has 1 aliphatic rings. The Morgan fingerprint density at radius 1 is 1.78 bits per heavy atom. The lowest BCUT2D eigenvalue weighted by molar-refractivity contribution is -0.155. The highest BCUT2D eigenvalue weighted by Gasteiger charge is 2.44. The third-order valence-electron chi connectivity index (χ3n) is 1.51. The average molecular weight is 137 g/mol. The van der Waals surface area contributed by atoms with Crippen LogP contribution in [0.25, 0.3) is 0 Å². The van der Waals surface area contributed by atoms with Gasteiger partial charge in [0.15, 0.2) is 0 Å². The van der Waals surface area contributed by atoms with E-state index in [0.29, 0.717) is 6.54 Å². The van der Waals surface area contributed by atoms with Crippen LogP contribution in [-0.4, -0.2) is 25.8 Å². The van der Waals surface area contributed by atoms with Gasteiger partial charge >= 0.3 is 0 Å². The Kier molecular flexibility index (Phi) is 1.68. The Hall–Kier alpha value is -0.220. The number of hydrogen-bond donors (Lipinski definition) is 1. The molecule has 0 amide bonds. The van der Waals surface area contributed by atoms with Crippen LogP contribution in [0.3, 0.4) is 0 Å². The van der Waals surface area contributed by atoms with E-state index in [4.69, 9.17) is 0 Å². The van der Waals surface area contributed by atoms with Crippen LogP contribution < -0.4 is 5.32 Å². The summed E-state index contributed by atoms with van der Waals surface area (Å²) in [6.07, 6.45) is -1.58. The van der Waals surface area contributed by atoms with Crippen molar-refractivity contribution in [1.82, 2.24) is 5.32 Å². The highest BCUT2D eigenvalue weighted by molar-refractivity contribution is 4.83. The molecule has 1 saturated heterocycles. The molecular formula is C5H9F2NO. The van der Waals surface area contributed by atoms with E-state index in [-0.39, 0.29) is 6.42 Å². The Morgan fingerprint density at radius 3 is 2.67 bits per heavy atom. The van der Waals surface area contributed by atoms with Crippen molar-refractivity contribution in [3.63, 3.8) is 0 Å². The molecule has 1 fully saturated rings. The zero-order chi connectivity index (χ0) is 6.91. The van der Waals surface area contributed by atoms with Gasteiger partial charge in [0, 0.05) is 20.1 Å². The summed E-state index contributed by atoms with van der Waals surface area (Å²) in [5.41, 5.74) is 0. The SMILES string of the molecule is COC1(F)CCNC1F. The van der Waals surface area contributed by atoms with Crippen molar-refractivity contribution in [2.45, 2.75) is 18.6 Å². The predicted molar refractivity (Wildman–Crippen MR) is 28.4 cm³/mol. The van der Waals surface area contributed by atoms with Crippen molar-refractivity contribution in [2.75, 3.05) is 13.7 Å². The number of alkyl halides is 2. The maximum atomic E-state index is 12.8. The minimum absolute atomic E-state index is 0.0880. The van der Waals surface area contributed by atoms with Crippen LogP contribution in [0.5, 0.6) is 0 Å². The van der Waals surface area contributed by atoms with E-state index in [1.807, 2.05) is 0 Å². The molecule has 0 aliphatic carbocycles. The van der Waals surface area contributed by atoms with Gasteiger partial charge in [-0.3, -0.25) is 5.32 Å². The van der Waals surface area contributed by atoms with E-state index >= 15 is 0 Å². The lowest BCUT2D eigenvalue weighted by Gasteiger charge is -2.18. The molecule has 9 heavy (non-hydrogen) atoms. The molecule has 54 valence electrons. The maximum absolute atomic E-state index is 12.8. The fraction of sp³-hybridized carbons (Fsp3) is 1.00. The normalized spacial score (nSPS) is 43.7. The van der Waals surface area contributed by atoms with Crippen molar-refractivity contribution in [1.29, 1.82) is 0 Å². The molecule has 2 nitrogen and oxygen atoms in total. The first kappa shape index (κ1) is 6.89.